The van der Waals surface area contributed by atoms with Gasteiger partial charge in [0.25, 0.3) is 0 Å². The highest BCUT2D eigenvalue weighted by molar-refractivity contribution is 5.89. The molecule has 2 amide bonds. The summed E-state index contributed by atoms with van der Waals surface area (Å²) in [6.45, 7) is 5.12. The quantitative estimate of drug-likeness (QED) is 0.799. The smallest absolute Gasteiger partial charge is 0.321 e. The van der Waals surface area contributed by atoms with Crippen molar-refractivity contribution in [3.8, 4) is 0 Å². The normalized spacial score (nSPS) is 19.1. The molecule has 5 nitrogen and oxygen atoms in total. The molecule has 4 N–H and O–H groups in total. The Balaban J connectivity index is 1.92. The van der Waals surface area contributed by atoms with Crippen LogP contribution in [0.15, 0.2) is 24.3 Å². The average Bonchev–Trinajstić information content (AvgIpc) is 2.47. The van der Waals surface area contributed by atoms with Crippen LogP contribution in [0.3, 0.4) is 0 Å². The number of benzene rings is 1. The zero-order chi connectivity index (χ0) is 15.4. The predicted molar refractivity (Wildman–Crippen MR) is 84.0 cm³/mol. The summed E-state index contributed by atoms with van der Waals surface area (Å²) >= 11 is 0. The van der Waals surface area contributed by atoms with Gasteiger partial charge in [0.15, 0.2) is 0 Å². The van der Waals surface area contributed by atoms with E-state index in [1.807, 2.05) is 38.1 Å². The lowest BCUT2D eigenvalue weighted by atomic mass is 9.92. The molecule has 0 radical (unpaired) electrons. The number of hydrogen-bond acceptors (Lipinski definition) is 3. The molecule has 21 heavy (non-hydrogen) atoms. The van der Waals surface area contributed by atoms with E-state index in [2.05, 4.69) is 5.32 Å². The van der Waals surface area contributed by atoms with E-state index in [4.69, 9.17) is 5.73 Å². The van der Waals surface area contributed by atoms with Crippen LogP contribution in [0.4, 0.5) is 10.5 Å². The Hall–Kier alpha value is -1.59. The summed E-state index contributed by atoms with van der Waals surface area (Å²) in [5.74, 6) is 0.301. The van der Waals surface area contributed by atoms with E-state index in [0.717, 1.165) is 24.1 Å². The lowest BCUT2D eigenvalue weighted by molar-refractivity contribution is 0.0820. The number of piperidine rings is 1. The molecule has 2 atom stereocenters. The number of nitrogens with zero attached hydrogens (tertiary/aromatic N) is 1. The van der Waals surface area contributed by atoms with Crippen LogP contribution in [0.1, 0.15) is 38.3 Å². The van der Waals surface area contributed by atoms with Crippen molar-refractivity contribution in [2.24, 2.45) is 11.7 Å². The lowest BCUT2D eigenvalue weighted by Crippen LogP contribution is -2.42. The molecule has 2 rings (SSSR count). The van der Waals surface area contributed by atoms with Gasteiger partial charge in [-0.05, 0) is 50.3 Å². The standard InChI is InChI=1S/C16H25N3O2/c1-11(17)14-4-3-5-15(10-14)18-16(21)19-8-6-13(7-9-19)12(2)20/h3-5,10-13,20H,6-9,17H2,1-2H3,(H,18,21). The second kappa shape index (κ2) is 6.91. The van der Waals surface area contributed by atoms with Crippen LogP contribution < -0.4 is 11.1 Å². The maximum absolute atomic E-state index is 12.2. The minimum Gasteiger partial charge on any atom is -0.393 e. The van der Waals surface area contributed by atoms with Crippen molar-refractivity contribution in [1.82, 2.24) is 4.90 Å². The van der Waals surface area contributed by atoms with Crippen LogP contribution in [-0.2, 0) is 0 Å². The van der Waals surface area contributed by atoms with E-state index in [1.54, 1.807) is 4.90 Å². The third-order valence-corrected chi connectivity index (χ3v) is 4.17. The van der Waals surface area contributed by atoms with Gasteiger partial charge in [0.1, 0.15) is 0 Å². The number of amides is 2. The van der Waals surface area contributed by atoms with E-state index in [-0.39, 0.29) is 18.2 Å². The van der Waals surface area contributed by atoms with Crippen molar-refractivity contribution in [1.29, 1.82) is 0 Å². The highest BCUT2D eigenvalue weighted by Crippen LogP contribution is 2.22. The van der Waals surface area contributed by atoms with Gasteiger partial charge < -0.3 is 21.1 Å². The zero-order valence-electron chi connectivity index (χ0n) is 12.7. The van der Waals surface area contributed by atoms with Gasteiger partial charge >= 0.3 is 6.03 Å². The Kier molecular flexibility index (Phi) is 5.20. The summed E-state index contributed by atoms with van der Waals surface area (Å²) in [6.07, 6.45) is 1.41. The largest absolute Gasteiger partial charge is 0.393 e. The molecule has 1 aliphatic heterocycles. The Bertz CT molecular complexity index is 480. The fraction of sp³-hybridized carbons (Fsp3) is 0.562. The number of aliphatic hydroxyl groups excluding tert-OH is 1. The fourth-order valence-corrected chi connectivity index (χ4v) is 2.69. The van der Waals surface area contributed by atoms with E-state index >= 15 is 0 Å². The fourth-order valence-electron chi connectivity index (χ4n) is 2.69. The summed E-state index contributed by atoms with van der Waals surface area (Å²) in [4.78, 5) is 14.0. The van der Waals surface area contributed by atoms with Gasteiger partial charge in [0.2, 0.25) is 0 Å². The van der Waals surface area contributed by atoms with Crippen LogP contribution in [0.2, 0.25) is 0 Å². The van der Waals surface area contributed by atoms with Crippen molar-refractivity contribution >= 4 is 11.7 Å². The lowest BCUT2D eigenvalue weighted by Gasteiger charge is -2.33. The SMILES string of the molecule is CC(N)c1cccc(NC(=O)N2CCC(C(C)O)CC2)c1. The Morgan fingerprint density at radius 3 is 2.62 bits per heavy atom. The van der Waals surface area contributed by atoms with Crippen molar-refractivity contribution < 1.29 is 9.90 Å². The first-order chi connectivity index (χ1) is 9.97. The first-order valence-corrected chi connectivity index (χ1v) is 7.57. The number of likely N-dealkylation sites (tertiary alicyclic amines) is 1. The Morgan fingerprint density at radius 2 is 2.05 bits per heavy atom. The van der Waals surface area contributed by atoms with Crippen LogP contribution in [0.25, 0.3) is 0 Å². The predicted octanol–water partition coefficient (Wildman–Crippen LogP) is 2.33. The van der Waals surface area contributed by atoms with Gasteiger partial charge in [-0.3, -0.25) is 0 Å². The maximum atomic E-state index is 12.2. The van der Waals surface area contributed by atoms with E-state index in [1.165, 1.54) is 0 Å². The molecule has 1 fully saturated rings. The molecule has 0 bridgehead atoms. The number of carbonyl (C=O) groups excluding carboxylic acids is 1. The first kappa shape index (κ1) is 15.8. The molecule has 0 aliphatic carbocycles. The molecular weight excluding hydrogens is 266 g/mol. The molecule has 5 heteroatoms. The van der Waals surface area contributed by atoms with Crippen molar-refractivity contribution in [2.45, 2.75) is 38.8 Å². The molecule has 2 unspecified atom stereocenters. The van der Waals surface area contributed by atoms with Crippen LogP contribution in [0.5, 0.6) is 0 Å². The molecular formula is C16H25N3O2. The number of carbonyl (C=O) groups is 1. The summed E-state index contributed by atoms with van der Waals surface area (Å²) in [5.41, 5.74) is 7.62. The summed E-state index contributed by atoms with van der Waals surface area (Å²) < 4.78 is 0. The summed E-state index contributed by atoms with van der Waals surface area (Å²) in [7, 11) is 0. The number of aliphatic hydroxyl groups is 1. The number of nitrogens with one attached hydrogen (secondary N) is 1. The third-order valence-electron chi connectivity index (χ3n) is 4.17. The summed E-state index contributed by atoms with van der Waals surface area (Å²) in [6, 6.07) is 7.49. The number of hydrogen-bond donors (Lipinski definition) is 3. The van der Waals surface area contributed by atoms with Crippen molar-refractivity contribution in [3.63, 3.8) is 0 Å². The van der Waals surface area contributed by atoms with Crippen LogP contribution in [0, 0.1) is 5.92 Å². The molecule has 0 spiro atoms. The maximum Gasteiger partial charge on any atom is 0.321 e. The van der Waals surface area contributed by atoms with Gasteiger partial charge in [-0.15, -0.1) is 0 Å². The van der Waals surface area contributed by atoms with Crippen LogP contribution in [-0.4, -0.2) is 35.2 Å². The minimum absolute atomic E-state index is 0.0522. The van der Waals surface area contributed by atoms with Gasteiger partial charge in [0.05, 0.1) is 6.10 Å². The highest BCUT2D eigenvalue weighted by atomic mass is 16.3. The second-order valence-electron chi connectivity index (χ2n) is 5.91. The highest BCUT2D eigenvalue weighted by Gasteiger charge is 2.25. The molecule has 1 heterocycles. The zero-order valence-corrected chi connectivity index (χ0v) is 12.7. The minimum atomic E-state index is -0.294. The third kappa shape index (κ3) is 4.19. The van der Waals surface area contributed by atoms with E-state index in [0.29, 0.717) is 19.0 Å². The monoisotopic (exact) mass is 291 g/mol. The molecule has 0 saturated carbocycles. The van der Waals surface area contributed by atoms with Gasteiger partial charge in [0, 0.05) is 24.8 Å². The topological polar surface area (TPSA) is 78.6 Å². The molecule has 1 saturated heterocycles. The second-order valence-corrected chi connectivity index (χ2v) is 5.91. The molecule has 1 aromatic rings. The van der Waals surface area contributed by atoms with Crippen molar-refractivity contribution in [3.05, 3.63) is 29.8 Å². The summed E-state index contributed by atoms with van der Waals surface area (Å²) in [5, 5.41) is 12.5. The van der Waals surface area contributed by atoms with Crippen LogP contribution >= 0.6 is 0 Å². The van der Waals surface area contributed by atoms with Gasteiger partial charge in [-0.25, -0.2) is 4.79 Å². The first-order valence-electron chi connectivity index (χ1n) is 7.57. The van der Waals surface area contributed by atoms with E-state index < -0.39 is 0 Å². The molecule has 116 valence electrons. The average molecular weight is 291 g/mol. The Morgan fingerprint density at radius 1 is 1.38 bits per heavy atom. The molecule has 1 aromatic carbocycles. The molecule has 0 aromatic heterocycles. The van der Waals surface area contributed by atoms with Gasteiger partial charge in [-0.1, -0.05) is 12.1 Å². The van der Waals surface area contributed by atoms with Gasteiger partial charge in [-0.2, -0.15) is 0 Å². The molecule has 1 aliphatic rings. The number of rotatable bonds is 3. The Labute approximate surface area is 126 Å². The van der Waals surface area contributed by atoms with E-state index in [9.17, 15) is 9.90 Å². The number of urea groups is 1. The number of anilines is 1. The van der Waals surface area contributed by atoms with Crippen molar-refractivity contribution in [2.75, 3.05) is 18.4 Å². The number of nitrogens with two attached hydrogens (primary N) is 1.